The van der Waals surface area contributed by atoms with E-state index in [-0.39, 0.29) is 6.10 Å². The van der Waals surface area contributed by atoms with Gasteiger partial charge in [-0.3, -0.25) is 4.84 Å². The van der Waals surface area contributed by atoms with Crippen LogP contribution >= 0.6 is 31.9 Å². The van der Waals surface area contributed by atoms with Gasteiger partial charge >= 0.3 is 0 Å². The third-order valence-corrected chi connectivity index (χ3v) is 4.59. The summed E-state index contributed by atoms with van der Waals surface area (Å²) in [5.74, 6) is 0. The maximum Gasteiger partial charge on any atom is 0.106 e. The molecule has 1 unspecified atom stereocenters. The highest BCUT2D eigenvalue weighted by Crippen LogP contribution is 2.37. The number of nitrogens with zero attached hydrogens (tertiary/aromatic N) is 1. The van der Waals surface area contributed by atoms with Crippen molar-refractivity contribution < 1.29 is 4.84 Å². The SMILES string of the molecule is CC1=[C]N(c2ccc3ccc(Br)cc3c2Br)OC1C. The fraction of sp³-hybridized carbons (Fsp3) is 0.200. The third-order valence-electron chi connectivity index (χ3n) is 3.27. The van der Waals surface area contributed by atoms with Gasteiger partial charge in [-0.05, 0) is 64.3 Å². The summed E-state index contributed by atoms with van der Waals surface area (Å²) < 4.78 is 2.07. The van der Waals surface area contributed by atoms with Crippen LogP contribution < -0.4 is 5.06 Å². The molecule has 4 heteroatoms. The van der Waals surface area contributed by atoms with Crippen LogP contribution in [0.5, 0.6) is 0 Å². The smallest absolute Gasteiger partial charge is 0.106 e. The zero-order chi connectivity index (χ0) is 13.6. The van der Waals surface area contributed by atoms with E-state index in [4.69, 9.17) is 4.84 Å². The van der Waals surface area contributed by atoms with Crippen molar-refractivity contribution in [3.8, 4) is 0 Å². The van der Waals surface area contributed by atoms with E-state index in [0.29, 0.717) is 0 Å². The predicted octanol–water partition coefficient (Wildman–Crippen LogP) is 5.21. The molecule has 0 aliphatic carbocycles. The summed E-state index contributed by atoms with van der Waals surface area (Å²) >= 11 is 7.18. The molecule has 0 bridgehead atoms. The van der Waals surface area contributed by atoms with Gasteiger partial charge in [-0.2, -0.15) is 0 Å². The molecule has 1 atom stereocenters. The number of benzene rings is 2. The Morgan fingerprint density at radius 2 is 1.95 bits per heavy atom. The first-order chi connectivity index (χ1) is 9.06. The molecule has 19 heavy (non-hydrogen) atoms. The minimum absolute atomic E-state index is 0.0742. The minimum Gasteiger partial charge on any atom is -0.261 e. The number of anilines is 1. The highest BCUT2D eigenvalue weighted by atomic mass is 79.9. The fourth-order valence-electron chi connectivity index (χ4n) is 2.03. The van der Waals surface area contributed by atoms with Gasteiger partial charge in [0.25, 0.3) is 0 Å². The molecule has 0 aromatic heterocycles. The van der Waals surface area contributed by atoms with Gasteiger partial charge in [-0.1, -0.05) is 28.1 Å². The van der Waals surface area contributed by atoms with E-state index in [1.54, 1.807) is 5.06 Å². The molecule has 0 saturated heterocycles. The lowest BCUT2D eigenvalue weighted by Crippen LogP contribution is -2.16. The van der Waals surface area contributed by atoms with E-state index < -0.39 is 0 Å². The minimum atomic E-state index is 0.0742. The summed E-state index contributed by atoms with van der Waals surface area (Å²) in [6.45, 7) is 4.05. The topological polar surface area (TPSA) is 12.5 Å². The summed E-state index contributed by atoms with van der Waals surface area (Å²) in [4.78, 5) is 5.76. The Labute approximate surface area is 129 Å². The van der Waals surface area contributed by atoms with Crippen molar-refractivity contribution in [3.63, 3.8) is 0 Å². The Kier molecular flexibility index (Phi) is 3.41. The molecule has 2 nitrogen and oxygen atoms in total. The van der Waals surface area contributed by atoms with E-state index in [1.807, 2.05) is 26.0 Å². The Morgan fingerprint density at radius 3 is 2.63 bits per heavy atom. The zero-order valence-corrected chi connectivity index (χ0v) is 13.7. The standard InChI is InChI=1S/C15H12Br2NO/c1-9-8-18(19-10(9)2)14-6-4-11-3-5-12(16)7-13(11)15(14)17/h3-7,10H,1-2H3. The summed E-state index contributed by atoms with van der Waals surface area (Å²) in [5, 5.41) is 4.05. The Balaban J connectivity index is 2.13. The molecular weight excluding hydrogens is 370 g/mol. The van der Waals surface area contributed by atoms with Crippen molar-refractivity contribution in [2.75, 3.05) is 5.06 Å². The molecule has 2 aromatic carbocycles. The molecule has 1 aliphatic heterocycles. The number of hydrogen-bond acceptors (Lipinski definition) is 2. The summed E-state index contributed by atoms with van der Waals surface area (Å²) in [5.41, 5.74) is 2.07. The molecule has 1 radical (unpaired) electrons. The van der Waals surface area contributed by atoms with E-state index in [2.05, 4.69) is 56.3 Å². The van der Waals surface area contributed by atoms with Gasteiger partial charge in [-0.15, -0.1) is 0 Å². The molecule has 0 spiro atoms. The van der Waals surface area contributed by atoms with Gasteiger partial charge in [0.05, 0.1) is 16.4 Å². The average molecular weight is 382 g/mol. The molecule has 1 heterocycles. The van der Waals surface area contributed by atoms with E-state index >= 15 is 0 Å². The molecule has 2 aromatic rings. The number of hydrogen-bond donors (Lipinski definition) is 0. The summed E-state index contributed by atoms with van der Waals surface area (Å²) in [6, 6.07) is 10.4. The van der Waals surface area contributed by atoms with Gasteiger partial charge in [0.15, 0.2) is 0 Å². The number of fused-ring (bicyclic) bond motifs is 1. The normalized spacial score (nSPS) is 19.1. The van der Waals surface area contributed by atoms with Gasteiger partial charge in [-0.25, -0.2) is 5.06 Å². The van der Waals surface area contributed by atoms with Crippen molar-refractivity contribution in [1.29, 1.82) is 0 Å². The predicted molar refractivity (Wildman–Crippen MR) is 84.8 cm³/mol. The second kappa shape index (κ2) is 4.93. The van der Waals surface area contributed by atoms with Crippen molar-refractivity contribution in [1.82, 2.24) is 0 Å². The first kappa shape index (κ1) is 13.2. The fourth-order valence-corrected chi connectivity index (χ4v) is 3.03. The third kappa shape index (κ3) is 2.33. The van der Waals surface area contributed by atoms with Gasteiger partial charge in [0.2, 0.25) is 0 Å². The lowest BCUT2D eigenvalue weighted by atomic mass is 10.1. The maximum absolute atomic E-state index is 5.76. The van der Waals surface area contributed by atoms with Crippen molar-refractivity contribution in [3.05, 3.63) is 51.1 Å². The van der Waals surface area contributed by atoms with Crippen LogP contribution in [0, 0.1) is 6.20 Å². The van der Waals surface area contributed by atoms with Crippen LogP contribution in [0.15, 0.2) is 44.9 Å². The second-order valence-electron chi connectivity index (χ2n) is 4.60. The van der Waals surface area contributed by atoms with Crippen molar-refractivity contribution >= 4 is 48.3 Å². The van der Waals surface area contributed by atoms with Crippen molar-refractivity contribution in [2.45, 2.75) is 20.0 Å². The molecule has 97 valence electrons. The Bertz CT molecular complexity index is 681. The molecule has 0 amide bonds. The highest BCUT2D eigenvalue weighted by molar-refractivity contribution is 9.11. The van der Waals surface area contributed by atoms with Crippen molar-refractivity contribution in [2.24, 2.45) is 0 Å². The number of halogens is 2. The monoisotopic (exact) mass is 380 g/mol. The van der Waals surface area contributed by atoms with Crippen LogP contribution in [0.2, 0.25) is 0 Å². The first-order valence-electron chi connectivity index (χ1n) is 6.01. The van der Waals surface area contributed by atoms with Crippen LogP contribution in [0.25, 0.3) is 10.8 Å². The zero-order valence-electron chi connectivity index (χ0n) is 10.6. The van der Waals surface area contributed by atoms with Crippen LogP contribution in [0.3, 0.4) is 0 Å². The summed E-state index contributed by atoms with van der Waals surface area (Å²) in [6.07, 6.45) is 3.30. The van der Waals surface area contributed by atoms with Gasteiger partial charge in [0, 0.05) is 4.47 Å². The molecule has 0 N–H and O–H groups in total. The van der Waals surface area contributed by atoms with Crippen LogP contribution in [-0.4, -0.2) is 6.10 Å². The Morgan fingerprint density at radius 1 is 1.21 bits per heavy atom. The van der Waals surface area contributed by atoms with E-state index in [0.717, 1.165) is 25.6 Å². The first-order valence-corrected chi connectivity index (χ1v) is 7.59. The molecular formula is C15H12Br2NO. The highest BCUT2D eigenvalue weighted by Gasteiger charge is 2.22. The van der Waals surface area contributed by atoms with Crippen LogP contribution in [-0.2, 0) is 4.84 Å². The van der Waals surface area contributed by atoms with Crippen LogP contribution in [0.4, 0.5) is 5.69 Å². The summed E-state index contributed by atoms with van der Waals surface area (Å²) in [7, 11) is 0. The van der Waals surface area contributed by atoms with Crippen LogP contribution in [0.1, 0.15) is 13.8 Å². The lowest BCUT2D eigenvalue weighted by molar-refractivity contribution is 0.107. The van der Waals surface area contributed by atoms with Gasteiger partial charge < -0.3 is 0 Å². The molecule has 0 saturated carbocycles. The largest absolute Gasteiger partial charge is 0.261 e. The maximum atomic E-state index is 5.76. The Hall–Kier alpha value is -0.840. The number of hydroxylamine groups is 1. The lowest BCUT2D eigenvalue weighted by Gasteiger charge is -2.18. The van der Waals surface area contributed by atoms with Gasteiger partial charge in [0.1, 0.15) is 6.10 Å². The quantitative estimate of drug-likeness (QED) is 0.672. The van der Waals surface area contributed by atoms with E-state index in [9.17, 15) is 0 Å². The second-order valence-corrected chi connectivity index (χ2v) is 6.31. The average Bonchev–Trinajstić information content (AvgIpc) is 2.70. The van der Waals surface area contributed by atoms with E-state index in [1.165, 1.54) is 5.39 Å². The molecule has 3 rings (SSSR count). The molecule has 0 fully saturated rings. The number of rotatable bonds is 1. The molecule has 1 aliphatic rings.